The van der Waals surface area contributed by atoms with Gasteiger partial charge in [0.05, 0.1) is 34.5 Å². The smallest absolute Gasteiger partial charge is 0.265 e. The van der Waals surface area contributed by atoms with Gasteiger partial charge in [0.2, 0.25) is 5.91 Å². The largest absolute Gasteiger partial charge is 0.477 e. The summed E-state index contributed by atoms with van der Waals surface area (Å²) in [5.41, 5.74) is 1.06. The van der Waals surface area contributed by atoms with E-state index in [0.717, 1.165) is 38.0 Å². The molecular formula is C22H22Cl3N3O3. The van der Waals surface area contributed by atoms with E-state index in [2.05, 4.69) is 5.32 Å². The number of likely N-dealkylation sites (tertiary alicyclic amines) is 1. The zero-order valence-electron chi connectivity index (χ0n) is 16.7. The second-order valence-corrected chi connectivity index (χ2v) is 8.88. The number of benzene rings is 2. The van der Waals surface area contributed by atoms with E-state index in [4.69, 9.17) is 39.5 Å². The standard InChI is InChI=1S/C22H22Cl3N3O3/c23-14-10-15(24)21(16(25)11-14)26-20(29)13-28-12-19(22(30)27-8-4-1-5-9-27)31-18-7-3-2-6-17(18)28/h2-3,6-7,10-11,19H,1,4-5,8-9,12-13H2,(H,26,29)/t19-/m0/s1. The number of hydrogen-bond donors (Lipinski definition) is 1. The van der Waals surface area contributed by atoms with Crippen LogP contribution in [0.1, 0.15) is 19.3 Å². The lowest BCUT2D eigenvalue weighted by Crippen LogP contribution is -2.52. The molecule has 2 heterocycles. The number of rotatable bonds is 4. The van der Waals surface area contributed by atoms with Crippen molar-refractivity contribution in [1.29, 1.82) is 0 Å². The third-order valence-electron chi connectivity index (χ3n) is 5.41. The van der Waals surface area contributed by atoms with Gasteiger partial charge in [0, 0.05) is 18.1 Å². The molecule has 2 amide bonds. The van der Waals surface area contributed by atoms with Gasteiger partial charge in [-0.15, -0.1) is 0 Å². The van der Waals surface area contributed by atoms with E-state index in [1.54, 1.807) is 0 Å². The highest BCUT2D eigenvalue weighted by Gasteiger charge is 2.34. The van der Waals surface area contributed by atoms with E-state index in [9.17, 15) is 9.59 Å². The summed E-state index contributed by atoms with van der Waals surface area (Å²) in [6.07, 6.45) is 2.48. The molecule has 1 N–H and O–H groups in total. The molecule has 1 atom stereocenters. The van der Waals surface area contributed by atoms with Crippen LogP contribution < -0.4 is 15.0 Å². The van der Waals surface area contributed by atoms with Crippen LogP contribution >= 0.6 is 34.8 Å². The maximum atomic E-state index is 13.0. The molecule has 1 saturated heterocycles. The van der Waals surface area contributed by atoms with Crippen LogP contribution in [0.5, 0.6) is 5.75 Å². The molecule has 0 radical (unpaired) electrons. The molecule has 0 bridgehead atoms. The van der Waals surface area contributed by atoms with Crippen molar-refractivity contribution in [2.24, 2.45) is 0 Å². The minimum atomic E-state index is -0.663. The molecule has 2 aromatic carbocycles. The molecule has 0 aromatic heterocycles. The first-order chi connectivity index (χ1) is 14.9. The summed E-state index contributed by atoms with van der Waals surface area (Å²) >= 11 is 18.3. The molecule has 2 aliphatic heterocycles. The predicted molar refractivity (Wildman–Crippen MR) is 124 cm³/mol. The maximum absolute atomic E-state index is 13.0. The number of para-hydroxylation sites is 2. The molecule has 2 aromatic rings. The summed E-state index contributed by atoms with van der Waals surface area (Å²) in [4.78, 5) is 29.6. The molecule has 0 unspecified atom stereocenters. The molecule has 0 aliphatic carbocycles. The zero-order valence-corrected chi connectivity index (χ0v) is 19.0. The Morgan fingerprint density at radius 1 is 1.03 bits per heavy atom. The number of amides is 2. The lowest BCUT2D eigenvalue weighted by Gasteiger charge is -2.38. The van der Waals surface area contributed by atoms with E-state index in [1.807, 2.05) is 34.1 Å². The third kappa shape index (κ3) is 5.03. The summed E-state index contributed by atoms with van der Waals surface area (Å²) in [5.74, 6) is 0.231. The molecule has 0 spiro atoms. The number of carbonyl (C=O) groups is 2. The monoisotopic (exact) mass is 481 g/mol. The average Bonchev–Trinajstić information content (AvgIpc) is 2.76. The second-order valence-electron chi connectivity index (χ2n) is 7.63. The maximum Gasteiger partial charge on any atom is 0.265 e. The first-order valence-electron chi connectivity index (χ1n) is 10.2. The number of piperidine rings is 1. The minimum Gasteiger partial charge on any atom is -0.477 e. The fourth-order valence-electron chi connectivity index (χ4n) is 3.92. The molecule has 0 saturated carbocycles. The van der Waals surface area contributed by atoms with Gasteiger partial charge >= 0.3 is 0 Å². The number of hydrogen-bond acceptors (Lipinski definition) is 4. The Kier molecular flexibility index (Phi) is 6.80. The van der Waals surface area contributed by atoms with Crippen LogP contribution in [-0.2, 0) is 9.59 Å². The summed E-state index contributed by atoms with van der Waals surface area (Å²) in [6.45, 7) is 1.78. The van der Waals surface area contributed by atoms with Crippen molar-refractivity contribution in [3.05, 3.63) is 51.5 Å². The van der Waals surface area contributed by atoms with Gasteiger partial charge in [0.15, 0.2) is 6.10 Å². The highest BCUT2D eigenvalue weighted by molar-refractivity contribution is 6.42. The molecule has 164 valence electrons. The normalized spacial score (nSPS) is 18.2. The van der Waals surface area contributed by atoms with Gasteiger partial charge in [-0.2, -0.15) is 0 Å². The van der Waals surface area contributed by atoms with Gasteiger partial charge in [-0.25, -0.2) is 0 Å². The Morgan fingerprint density at radius 2 is 1.71 bits per heavy atom. The van der Waals surface area contributed by atoms with Crippen LogP contribution in [0.4, 0.5) is 11.4 Å². The van der Waals surface area contributed by atoms with E-state index in [-0.39, 0.29) is 34.9 Å². The van der Waals surface area contributed by atoms with Crippen molar-refractivity contribution >= 4 is 58.0 Å². The van der Waals surface area contributed by atoms with Gasteiger partial charge < -0.3 is 19.9 Å². The molecule has 4 rings (SSSR count). The van der Waals surface area contributed by atoms with Crippen molar-refractivity contribution in [1.82, 2.24) is 4.90 Å². The Morgan fingerprint density at radius 3 is 2.42 bits per heavy atom. The number of nitrogens with one attached hydrogen (secondary N) is 1. The van der Waals surface area contributed by atoms with E-state index < -0.39 is 6.10 Å². The van der Waals surface area contributed by atoms with Crippen LogP contribution in [0.2, 0.25) is 15.1 Å². The Balaban J connectivity index is 1.51. The summed E-state index contributed by atoms with van der Waals surface area (Å²) in [7, 11) is 0. The van der Waals surface area contributed by atoms with Crippen molar-refractivity contribution in [2.75, 3.05) is 36.4 Å². The zero-order chi connectivity index (χ0) is 22.0. The lowest BCUT2D eigenvalue weighted by molar-refractivity contribution is -0.139. The molecule has 6 nitrogen and oxygen atoms in total. The van der Waals surface area contributed by atoms with Gasteiger partial charge in [0.25, 0.3) is 5.91 Å². The van der Waals surface area contributed by atoms with Crippen LogP contribution in [0.25, 0.3) is 0 Å². The van der Waals surface area contributed by atoms with Crippen molar-refractivity contribution in [2.45, 2.75) is 25.4 Å². The van der Waals surface area contributed by atoms with E-state index in [0.29, 0.717) is 16.5 Å². The number of fused-ring (bicyclic) bond motifs is 1. The quantitative estimate of drug-likeness (QED) is 0.676. The first-order valence-corrected chi connectivity index (χ1v) is 11.3. The van der Waals surface area contributed by atoms with E-state index >= 15 is 0 Å². The fourth-order valence-corrected chi connectivity index (χ4v) is 4.83. The number of halogens is 3. The molecule has 31 heavy (non-hydrogen) atoms. The SMILES string of the molecule is O=C(CN1C[C@@H](C(=O)N2CCCCC2)Oc2ccccc21)Nc1c(Cl)cc(Cl)cc1Cl. The van der Waals surface area contributed by atoms with Crippen LogP contribution in [0.15, 0.2) is 36.4 Å². The van der Waals surface area contributed by atoms with Gasteiger partial charge in [-0.3, -0.25) is 9.59 Å². The fraction of sp³-hybridized carbons (Fsp3) is 0.364. The molecule has 9 heteroatoms. The average molecular weight is 483 g/mol. The van der Waals surface area contributed by atoms with Crippen LogP contribution in [0.3, 0.4) is 0 Å². The predicted octanol–water partition coefficient (Wildman–Crippen LogP) is 4.87. The van der Waals surface area contributed by atoms with Crippen molar-refractivity contribution in [3.63, 3.8) is 0 Å². The van der Waals surface area contributed by atoms with Gasteiger partial charge in [0.1, 0.15) is 5.75 Å². The van der Waals surface area contributed by atoms with Crippen molar-refractivity contribution < 1.29 is 14.3 Å². The number of nitrogens with zero attached hydrogens (tertiary/aromatic N) is 2. The summed E-state index contributed by atoms with van der Waals surface area (Å²) in [6, 6.07) is 10.4. The number of ether oxygens (including phenoxy) is 1. The van der Waals surface area contributed by atoms with Crippen molar-refractivity contribution in [3.8, 4) is 5.75 Å². The van der Waals surface area contributed by atoms with Gasteiger partial charge in [-0.1, -0.05) is 46.9 Å². The first kappa shape index (κ1) is 22.1. The summed E-state index contributed by atoms with van der Waals surface area (Å²) in [5, 5.41) is 3.65. The third-order valence-corrected chi connectivity index (χ3v) is 6.22. The molecule has 1 fully saturated rings. The highest BCUT2D eigenvalue weighted by atomic mass is 35.5. The highest BCUT2D eigenvalue weighted by Crippen LogP contribution is 2.35. The summed E-state index contributed by atoms with van der Waals surface area (Å²) < 4.78 is 6.01. The lowest BCUT2D eigenvalue weighted by atomic mass is 10.1. The van der Waals surface area contributed by atoms with Crippen LogP contribution in [0, 0.1) is 0 Å². The minimum absolute atomic E-state index is 0.0133. The molecular weight excluding hydrogens is 461 g/mol. The topological polar surface area (TPSA) is 61.9 Å². The molecule has 2 aliphatic rings. The number of anilines is 2. The second kappa shape index (κ2) is 9.55. The Hall–Kier alpha value is -2.15. The van der Waals surface area contributed by atoms with Gasteiger partial charge in [-0.05, 0) is 43.5 Å². The van der Waals surface area contributed by atoms with Crippen LogP contribution in [-0.4, -0.2) is 49.0 Å². The van der Waals surface area contributed by atoms with E-state index in [1.165, 1.54) is 12.1 Å². The Bertz CT molecular complexity index is 972. The number of carbonyl (C=O) groups excluding carboxylic acids is 2. The Labute approximate surface area is 196 Å².